The Balaban J connectivity index is 1.38. The van der Waals surface area contributed by atoms with Gasteiger partial charge < -0.3 is 10.1 Å². The maximum absolute atomic E-state index is 12.6. The standard InChI is InChI=1S/C21H15Br2Cl2N5O2/c22-14-2-5-16(6-3-14)32-12-29-8-7-19(27-29)21(31)26-20-17(23)11-30(28-20)10-13-1-4-15(24)9-18(13)25/h1-9,11H,10,12H2,(H,26,28,31). The van der Waals surface area contributed by atoms with Crippen LogP contribution in [0.2, 0.25) is 10.0 Å². The highest BCUT2D eigenvalue weighted by molar-refractivity contribution is 9.10. The summed E-state index contributed by atoms with van der Waals surface area (Å²) in [7, 11) is 0. The minimum Gasteiger partial charge on any atom is -0.471 e. The predicted molar refractivity (Wildman–Crippen MR) is 130 cm³/mol. The average Bonchev–Trinajstić information content (AvgIpc) is 3.36. The first-order valence-electron chi connectivity index (χ1n) is 9.27. The first-order valence-corrected chi connectivity index (χ1v) is 11.6. The third-order valence-electron chi connectivity index (χ3n) is 4.35. The number of hydrogen-bond acceptors (Lipinski definition) is 4. The number of benzene rings is 2. The van der Waals surface area contributed by atoms with Crippen molar-refractivity contribution in [2.45, 2.75) is 13.3 Å². The topological polar surface area (TPSA) is 74.0 Å². The van der Waals surface area contributed by atoms with E-state index >= 15 is 0 Å². The van der Waals surface area contributed by atoms with Crippen LogP contribution < -0.4 is 10.1 Å². The second kappa shape index (κ2) is 10.1. The van der Waals surface area contributed by atoms with Crippen LogP contribution in [0.1, 0.15) is 16.1 Å². The van der Waals surface area contributed by atoms with E-state index in [1.54, 1.807) is 35.3 Å². The van der Waals surface area contributed by atoms with Crippen LogP contribution in [0.5, 0.6) is 5.75 Å². The van der Waals surface area contributed by atoms with Gasteiger partial charge in [0.25, 0.3) is 5.91 Å². The number of halogens is 4. The third-order valence-corrected chi connectivity index (χ3v) is 6.04. The highest BCUT2D eigenvalue weighted by atomic mass is 79.9. The van der Waals surface area contributed by atoms with E-state index in [9.17, 15) is 4.79 Å². The molecule has 0 unspecified atom stereocenters. The number of rotatable bonds is 7. The fourth-order valence-electron chi connectivity index (χ4n) is 2.78. The number of nitrogens with one attached hydrogen (secondary N) is 1. The monoisotopic (exact) mass is 597 g/mol. The van der Waals surface area contributed by atoms with E-state index in [-0.39, 0.29) is 18.3 Å². The van der Waals surface area contributed by atoms with Crippen molar-refractivity contribution in [2.75, 3.05) is 5.32 Å². The molecule has 1 N–H and O–H groups in total. The van der Waals surface area contributed by atoms with Crippen LogP contribution in [0, 0.1) is 0 Å². The Morgan fingerprint density at radius 1 is 1.03 bits per heavy atom. The van der Waals surface area contributed by atoms with Crippen molar-refractivity contribution in [1.82, 2.24) is 19.6 Å². The number of aromatic nitrogens is 4. The van der Waals surface area contributed by atoms with Crippen LogP contribution >= 0.6 is 55.1 Å². The van der Waals surface area contributed by atoms with Gasteiger partial charge in [0.05, 0.1) is 11.0 Å². The molecule has 1 amide bonds. The van der Waals surface area contributed by atoms with Crippen LogP contribution in [0.15, 0.2) is 69.9 Å². The van der Waals surface area contributed by atoms with Gasteiger partial charge in [0, 0.05) is 26.9 Å². The first kappa shape index (κ1) is 22.8. The minimum atomic E-state index is -0.386. The van der Waals surface area contributed by atoms with Crippen molar-refractivity contribution in [2.24, 2.45) is 0 Å². The lowest BCUT2D eigenvalue weighted by Gasteiger charge is -2.06. The van der Waals surface area contributed by atoms with E-state index < -0.39 is 0 Å². The maximum Gasteiger partial charge on any atom is 0.277 e. The van der Waals surface area contributed by atoms with E-state index in [1.165, 1.54) is 4.68 Å². The van der Waals surface area contributed by atoms with Gasteiger partial charge in [-0.05, 0) is 64.0 Å². The molecule has 32 heavy (non-hydrogen) atoms. The molecule has 2 aromatic carbocycles. The molecule has 2 aromatic heterocycles. The van der Waals surface area contributed by atoms with Crippen molar-refractivity contribution >= 4 is 66.8 Å². The Kier molecular flexibility index (Phi) is 7.20. The molecule has 0 fully saturated rings. The molecular weight excluding hydrogens is 585 g/mol. The molecule has 11 heteroatoms. The zero-order valence-corrected chi connectivity index (χ0v) is 21.0. The van der Waals surface area contributed by atoms with Gasteiger partial charge in [-0.2, -0.15) is 10.2 Å². The van der Waals surface area contributed by atoms with Crippen LogP contribution in [0.4, 0.5) is 5.82 Å². The molecule has 0 aliphatic heterocycles. The van der Waals surface area contributed by atoms with Crippen molar-refractivity contribution in [3.05, 3.63) is 91.2 Å². The zero-order chi connectivity index (χ0) is 22.7. The molecule has 2 heterocycles. The summed E-state index contributed by atoms with van der Waals surface area (Å²) in [5, 5.41) is 12.5. The molecule has 0 spiro atoms. The molecule has 7 nitrogen and oxygen atoms in total. The van der Waals surface area contributed by atoms with Crippen molar-refractivity contribution in [3.63, 3.8) is 0 Å². The number of anilines is 1. The highest BCUT2D eigenvalue weighted by Crippen LogP contribution is 2.25. The Labute approximate surface area is 210 Å². The van der Waals surface area contributed by atoms with Gasteiger partial charge in [0.1, 0.15) is 5.75 Å². The molecule has 4 aromatic rings. The Hall–Kier alpha value is -2.33. The Morgan fingerprint density at radius 3 is 2.56 bits per heavy atom. The highest BCUT2D eigenvalue weighted by Gasteiger charge is 2.15. The summed E-state index contributed by atoms with van der Waals surface area (Å²) in [5.41, 5.74) is 1.10. The van der Waals surface area contributed by atoms with Gasteiger partial charge in [-0.15, -0.1) is 0 Å². The lowest BCUT2D eigenvalue weighted by molar-refractivity contribution is 0.101. The van der Waals surface area contributed by atoms with Crippen molar-refractivity contribution in [3.8, 4) is 5.75 Å². The lowest BCUT2D eigenvalue weighted by Crippen LogP contribution is -2.15. The summed E-state index contributed by atoms with van der Waals surface area (Å²) in [5.74, 6) is 0.688. The molecule has 0 aliphatic carbocycles. The van der Waals surface area contributed by atoms with E-state index in [4.69, 9.17) is 27.9 Å². The normalized spacial score (nSPS) is 10.9. The van der Waals surface area contributed by atoms with Crippen molar-refractivity contribution in [1.29, 1.82) is 0 Å². The average molecular weight is 600 g/mol. The van der Waals surface area contributed by atoms with Gasteiger partial charge in [-0.3, -0.25) is 9.48 Å². The van der Waals surface area contributed by atoms with E-state index in [1.807, 2.05) is 30.3 Å². The van der Waals surface area contributed by atoms with Gasteiger partial charge >= 0.3 is 0 Å². The van der Waals surface area contributed by atoms with Gasteiger partial charge in [-0.25, -0.2) is 4.68 Å². The number of carbonyl (C=O) groups is 1. The Morgan fingerprint density at radius 2 is 1.81 bits per heavy atom. The van der Waals surface area contributed by atoms with Crippen LogP contribution in [0.25, 0.3) is 0 Å². The van der Waals surface area contributed by atoms with Gasteiger partial charge in [-0.1, -0.05) is 45.2 Å². The SMILES string of the molecule is O=C(Nc1nn(Cc2ccc(Cl)cc2Cl)cc1Br)c1ccn(COc2ccc(Br)cc2)n1. The number of hydrogen-bond donors (Lipinski definition) is 1. The molecule has 0 saturated heterocycles. The van der Waals surface area contributed by atoms with Crippen LogP contribution in [-0.2, 0) is 13.3 Å². The van der Waals surface area contributed by atoms with E-state index in [0.717, 1.165) is 10.0 Å². The predicted octanol–water partition coefficient (Wildman–Crippen LogP) is 6.25. The van der Waals surface area contributed by atoms with Crippen LogP contribution in [0.3, 0.4) is 0 Å². The van der Waals surface area contributed by atoms with Gasteiger partial charge in [0.15, 0.2) is 18.2 Å². The van der Waals surface area contributed by atoms with E-state index in [0.29, 0.717) is 32.6 Å². The quantitative estimate of drug-likeness (QED) is 0.273. The van der Waals surface area contributed by atoms with Crippen molar-refractivity contribution < 1.29 is 9.53 Å². The molecule has 0 aliphatic rings. The second-order valence-electron chi connectivity index (χ2n) is 6.68. The summed E-state index contributed by atoms with van der Waals surface area (Å²) in [4.78, 5) is 12.6. The number of nitrogens with zero attached hydrogens (tertiary/aromatic N) is 4. The fraction of sp³-hybridized carbons (Fsp3) is 0.0952. The summed E-state index contributed by atoms with van der Waals surface area (Å²) < 4.78 is 10.5. The number of ether oxygens (including phenoxy) is 1. The summed E-state index contributed by atoms with van der Waals surface area (Å²) in [6.07, 6.45) is 3.43. The molecular formula is C21H15Br2Cl2N5O2. The molecule has 164 valence electrons. The third kappa shape index (κ3) is 5.72. The summed E-state index contributed by atoms with van der Waals surface area (Å²) >= 11 is 19.0. The Bertz CT molecular complexity index is 1260. The molecule has 0 saturated carbocycles. The largest absolute Gasteiger partial charge is 0.471 e. The summed E-state index contributed by atoms with van der Waals surface area (Å²) in [6, 6.07) is 14.3. The van der Waals surface area contributed by atoms with E-state index in [2.05, 4.69) is 47.4 Å². The number of carbonyl (C=O) groups excluding carboxylic acids is 1. The first-order chi connectivity index (χ1) is 15.4. The minimum absolute atomic E-state index is 0.176. The van der Waals surface area contributed by atoms with Gasteiger partial charge in [0.2, 0.25) is 0 Å². The fourth-order valence-corrected chi connectivity index (χ4v) is 3.93. The maximum atomic E-state index is 12.6. The van der Waals surface area contributed by atoms with Crippen LogP contribution in [-0.4, -0.2) is 25.5 Å². The summed E-state index contributed by atoms with van der Waals surface area (Å²) in [6.45, 7) is 0.599. The number of amides is 1. The molecule has 0 radical (unpaired) electrons. The molecule has 0 atom stereocenters. The smallest absolute Gasteiger partial charge is 0.277 e. The molecule has 4 rings (SSSR count). The zero-order valence-electron chi connectivity index (χ0n) is 16.3. The molecule has 0 bridgehead atoms. The second-order valence-corrected chi connectivity index (χ2v) is 9.29. The lowest BCUT2D eigenvalue weighted by atomic mass is 10.2.